The minimum Gasteiger partial charge on any atom is -0.358 e. The van der Waals surface area contributed by atoms with Crippen LogP contribution in [0.1, 0.15) is 5.56 Å². The fraction of sp³-hybridized carbons (Fsp3) is 0.278. The monoisotopic (exact) mass is 427 g/mol. The Kier molecular flexibility index (Phi) is 6.31. The van der Waals surface area contributed by atoms with E-state index in [9.17, 15) is 12.8 Å². The van der Waals surface area contributed by atoms with Gasteiger partial charge in [-0.15, -0.1) is 0 Å². The number of thiocarbonyl (C=S) groups is 1. The van der Waals surface area contributed by atoms with E-state index in [-0.39, 0.29) is 10.7 Å². The molecule has 0 aromatic heterocycles. The highest BCUT2D eigenvalue weighted by molar-refractivity contribution is 7.89. The van der Waals surface area contributed by atoms with E-state index in [0.29, 0.717) is 42.9 Å². The maximum absolute atomic E-state index is 12.9. The number of hydrogen-bond acceptors (Lipinski definition) is 3. The van der Waals surface area contributed by atoms with Crippen LogP contribution >= 0.6 is 23.8 Å². The van der Waals surface area contributed by atoms with Gasteiger partial charge in [0, 0.05) is 37.7 Å². The van der Waals surface area contributed by atoms with Crippen LogP contribution in [-0.4, -0.2) is 48.9 Å². The van der Waals surface area contributed by atoms with Crippen molar-refractivity contribution in [1.82, 2.24) is 14.5 Å². The van der Waals surface area contributed by atoms with Crippen molar-refractivity contribution in [3.05, 3.63) is 64.9 Å². The largest absolute Gasteiger partial charge is 0.358 e. The lowest BCUT2D eigenvalue weighted by Crippen LogP contribution is -2.52. The SMILES string of the molecule is O=S(=O)(c1ccc(Cl)cc1)N1CCN(C(=S)NCc2ccc(F)cc2)CC1. The molecule has 5 nitrogen and oxygen atoms in total. The predicted molar refractivity (Wildman–Crippen MR) is 108 cm³/mol. The summed E-state index contributed by atoms with van der Waals surface area (Å²) >= 11 is 11.2. The van der Waals surface area contributed by atoms with Crippen LogP contribution in [0.5, 0.6) is 0 Å². The van der Waals surface area contributed by atoms with Gasteiger partial charge in [0.15, 0.2) is 5.11 Å². The molecule has 1 aliphatic rings. The first-order valence-corrected chi connectivity index (χ1v) is 10.6. The Morgan fingerprint density at radius 3 is 2.22 bits per heavy atom. The van der Waals surface area contributed by atoms with E-state index in [2.05, 4.69) is 5.32 Å². The summed E-state index contributed by atoms with van der Waals surface area (Å²) in [5, 5.41) is 4.19. The molecule has 2 aromatic carbocycles. The minimum absolute atomic E-state index is 0.234. The lowest BCUT2D eigenvalue weighted by molar-refractivity contribution is 0.264. The second kappa shape index (κ2) is 8.52. The Morgan fingerprint density at radius 2 is 1.63 bits per heavy atom. The molecule has 0 bridgehead atoms. The zero-order valence-corrected chi connectivity index (χ0v) is 16.8. The van der Waals surface area contributed by atoms with Gasteiger partial charge in [-0.05, 0) is 54.2 Å². The molecule has 0 unspecified atom stereocenters. The Hall–Kier alpha value is -1.74. The van der Waals surface area contributed by atoms with Crippen molar-refractivity contribution in [3.63, 3.8) is 0 Å². The van der Waals surface area contributed by atoms with Gasteiger partial charge in [-0.25, -0.2) is 12.8 Å². The van der Waals surface area contributed by atoms with Crippen molar-refractivity contribution in [3.8, 4) is 0 Å². The van der Waals surface area contributed by atoms with Crippen LogP contribution in [0.25, 0.3) is 0 Å². The molecule has 0 radical (unpaired) electrons. The molecule has 1 heterocycles. The molecule has 27 heavy (non-hydrogen) atoms. The summed E-state index contributed by atoms with van der Waals surface area (Å²) in [5.74, 6) is -0.278. The first kappa shape index (κ1) is 20.0. The van der Waals surface area contributed by atoms with Crippen LogP contribution in [-0.2, 0) is 16.6 Å². The normalized spacial score (nSPS) is 15.6. The molecule has 9 heteroatoms. The maximum atomic E-state index is 12.9. The number of nitrogens with zero attached hydrogens (tertiary/aromatic N) is 2. The number of sulfonamides is 1. The molecule has 1 aliphatic heterocycles. The summed E-state index contributed by atoms with van der Waals surface area (Å²) < 4.78 is 39.8. The number of halogens is 2. The van der Waals surface area contributed by atoms with Gasteiger partial charge in [0.05, 0.1) is 4.90 Å². The Labute approximate surface area is 168 Å². The van der Waals surface area contributed by atoms with Gasteiger partial charge in [0.2, 0.25) is 10.0 Å². The van der Waals surface area contributed by atoms with E-state index in [1.807, 2.05) is 4.90 Å². The Morgan fingerprint density at radius 1 is 1.04 bits per heavy atom. The third kappa shape index (κ3) is 4.95. The third-order valence-corrected chi connectivity index (χ3v) is 6.90. The van der Waals surface area contributed by atoms with E-state index in [1.165, 1.54) is 28.6 Å². The number of benzene rings is 2. The number of nitrogens with one attached hydrogen (secondary N) is 1. The van der Waals surface area contributed by atoms with Crippen LogP contribution in [0, 0.1) is 5.82 Å². The molecule has 3 rings (SSSR count). The van der Waals surface area contributed by atoms with Crippen molar-refractivity contribution in [2.45, 2.75) is 11.4 Å². The van der Waals surface area contributed by atoms with Crippen molar-refractivity contribution < 1.29 is 12.8 Å². The second-order valence-corrected chi connectivity index (χ2v) is 8.89. The molecule has 1 N–H and O–H groups in total. The standard InChI is InChI=1S/C18H19ClFN3O2S2/c19-15-3-7-17(8-4-15)27(24,25)23-11-9-22(10-12-23)18(26)21-13-14-1-5-16(20)6-2-14/h1-8H,9-13H2,(H,21,26). The highest BCUT2D eigenvalue weighted by atomic mass is 35.5. The van der Waals surface area contributed by atoms with Crippen molar-refractivity contribution in [2.24, 2.45) is 0 Å². The van der Waals surface area contributed by atoms with Crippen LogP contribution in [0.4, 0.5) is 4.39 Å². The lowest BCUT2D eigenvalue weighted by atomic mass is 10.2. The van der Waals surface area contributed by atoms with Crippen LogP contribution in [0.2, 0.25) is 5.02 Å². The van der Waals surface area contributed by atoms with Crippen molar-refractivity contribution in [1.29, 1.82) is 0 Å². The summed E-state index contributed by atoms with van der Waals surface area (Å²) in [4.78, 5) is 2.17. The first-order valence-electron chi connectivity index (χ1n) is 8.39. The quantitative estimate of drug-likeness (QED) is 0.760. The average molecular weight is 428 g/mol. The second-order valence-electron chi connectivity index (χ2n) is 6.13. The molecular weight excluding hydrogens is 409 g/mol. The van der Waals surface area contributed by atoms with Gasteiger partial charge < -0.3 is 10.2 Å². The highest BCUT2D eigenvalue weighted by Gasteiger charge is 2.29. The average Bonchev–Trinajstić information content (AvgIpc) is 2.68. The van der Waals surface area contributed by atoms with Gasteiger partial charge in [0.25, 0.3) is 0 Å². The summed E-state index contributed by atoms with van der Waals surface area (Å²) in [6, 6.07) is 12.4. The smallest absolute Gasteiger partial charge is 0.243 e. The zero-order valence-electron chi connectivity index (χ0n) is 14.4. The van der Waals surface area contributed by atoms with E-state index >= 15 is 0 Å². The fourth-order valence-electron chi connectivity index (χ4n) is 2.78. The number of hydrogen-bond donors (Lipinski definition) is 1. The molecule has 0 atom stereocenters. The predicted octanol–water partition coefficient (Wildman–Crippen LogP) is 2.86. The molecule has 0 saturated carbocycles. The lowest BCUT2D eigenvalue weighted by Gasteiger charge is -2.35. The molecular formula is C18H19ClFN3O2S2. The van der Waals surface area contributed by atoms with Crippen molar-refractivity contribution in [2.75, 3.05) is 26.2 Å². The third-order valence-electron chi connectivity index (χ3n) is 4.33. The molecule has 0 amide bonds. The number of piperazine rings is 1. The highest BCUT2D eigenvalue weighted by Crippen LogP contribution is 2.20. The maximum Gasteiger partial charge on any atom is 0.243 e. The topological polar surface area (TPSA) is 52.7 Å². The van der Waals surface area contributed by atoms with Crippen LogP contribution < -0.4 is 5.32 Å². The van der Waals surface area contributed by atoms with Gasteiger partial charge in [-0.1, -0.05) is 23.7 Å². The molecule has 0 aliphatic carbocycles. The summed E-state index contributed by atoms with van der Waals surface area (Å²) in [6.07, 6.45) is 0. The van der Waals surface area contributed by atoms with E-state index < -0.39 is 10.0 Å². The molecule has 2 aromatic rings. The Balaban J connectivity index is 1.54. The first-order chi connectivity index (χ1) is 12.9. The summed E-state index contributed by atoms with van der Waals surface area (Å²) in [5.41, 5.74) is 0.919. The van der Waals surface area contributed by atoms with Gasteiger partial charge >= 0.3 is 0 Å². The fourth-order valence-corrected chi connectivity index (χ4v) is 4.58. The number of rotatable bonds is 4. The van der Waals surface area contributed by atoms with E-state index in [0.717, 1.165) is 5.56 Å². The molecule has 0 spiro atoms. The van der Waals surface area contributed by atoms with Gasteiger partial charge in [0.1, 0.15) is 5.82 Å². The van der Waals surface area contributed by atoms with E-state index in [1.54, 1.807) is 24.3 Å². The summed E-state index contributed by atoms with van der Waals surface area (Å²) in [7, 11) is -3.54. The summed E-state index contributed by atoms with van der Waals surface area (Å²) in [6.45, 7) is 2.19. The van der Waals surface area contributed by atoms with Crippen LogP contribution in [0.15, 0.2) is 53.4 Å². The van der Waals surface area contributed by atoms with E-state index in [4.69, 9.17) is 23.8 Å². The van der Waals surface area contributed by atoms with Crippen molar-refractivity contribution >= 4 is 39.0 Å². The van der Waals surface area contributed by atoms with Gasteiger partial charge in [-0.3, -0.25) is 0 Å². The molecule has 1 saturated heterocycles. The van der Waals surface area contributed by atoms with Gasteiger partial charge in [-0.2, -0.15) is 4.31 Å². The molecule has 144 valence electrons. The minimum atomic E-state index is -3.54. The van der Waals surface area contributed by atoms with Crippen LogP contribution in [0.3, 0.4) is 0 Å². The zero-order chi connectivity index (χ0) is 19.4. The Bertz CT molecular complexity index is 897. The molecule has 1 fully saturated rings.